The summed E-state index contributed by atoms with van der Waals surface area (Å²) in [7, 11) is 0. The third-order valence-electron chi connectivity index (χ3n) is 3.82. The number of unbranched alkanes of at least 4 members (excludes halogenated alkanes) is 4. The molecule has 0 radical (unpaired) electrons. The van der Waals surface area contributed by atoms with Crippen molar-refractivity contribution in [1.82, 2.24) is 0 Å². The van der Waals surface area contributed by atoms with E-state index in [1.807, 2.05) is 0 Å². The largest absolute Gasteiger partial charge is 0.294 e. The van der Waals surface area contributed by atoms with Gasteiger partial charge in [-0.1, -0.05) is 71.1 Å². The molecule has 0 atom stereocenters. The molecule has 1 aliphatic carbocycles. The summed E-state index contributed by atoms with van der Waals surface area (Å²) in [6.07, 6.45) is 15.5. The summed E-state index contributed by atoms with van der Waals surface area (Å²) >= 11 is 0. The summed E-state index contributed by atoms with van der Waals surface area (Å²) < 4.78 is 0. The molecule has 1 heteroatoms. The van der Waals surface area contributed by atoms with Crippen LogP contribution in [0, 0.1) is 5.41 Å². The van der Waals surface area contributed by atoms with E-state index in [0.29, 0.717) is 5.78 Å². The lowest BCUT2D eigenvalue weighted by molar-refractivity contribution is -0.123. The van der Waals surface area contributed by atoms with Crippen LogP contribution in [0.15, 0.2) is 23.8 Å². The molecule has 0 saturated carbocycles. The van der Waals surface area contributed by atoms with E-state index < -0.39 is 0 Å². The minimum Gasteiger partial charge on any atom is -0.294 e. The van der Waals surface area contributed by atoms with Crippen molar-refractivity contribution in [3.63, 3.8) is 0 Å². The van der Waals surface area contributed by atoms with E-state index >= 15 is 0 Å². The fraction of sp³-hybridized carbons (Fsp3) is 0.706. The highest BCUT2D eigenvalue weighted by Gasteiger charge is 2.29. The van der Waals surface area contributed by atoms with E-state index in [1.165, 1.54) is 32.1 Å². The van der Waals surface area contributed by atoms with Crippen LogP contribution in [0.3, 0.4) is 0 Å². The second kappa shape index (κ2) is 7.56. The zero-order chi connectivity index (χ0) is 13.4. The van der Waals surface area contributed by atoms with Gasteiger partial charge >= 0.3 is 0 Å². The number of carbonyl (C=O) groups excluding carboxylic acids is 1. The van der Waals surface area contributed by atoms with E-state index in [1.54, 1.807) is 0 Å². The first-order valence-electron chi connectivity index (χ1n) is 7.47. The molecule has 0 amide bonds. The van der Waals surface area contributed by atoms with Gasteiger partial charge in [-0.25, -0.2) is 0 Å². The molecule has 0 bridgehead atoms. The van der Waals surface area contributed by atoms with Gasteiger partial charge in [0.1, 0.15) is 0 Å². The van der Waals surface area contributed by atoms with Gasteiger partial charge in [0.05, 0.1) is 0 Å². The van der Waals surface area contributed by atoms with Crippen LogP contribution in [0.4, 0.5) is 0 Å². The molecule has 0 heterocycles. The smallest absolute Gasteiger partial charge is 0.164 e. The molecule has 0 aromatic rings. The average Bonchev–Trinajstić information content (AvgIpc) is 2.38. The Hall–Kier alpha value is -0.850. The van der Waals surface area contributed by atoms with Crippen molar-refractivity contribution in [1.29, 1.82) is 0 Å². The van der Waals surface area contributed by atoms with Crippen LogP contribution in [-0.2, 0) is 4.79 Å². The maximum absolute atomic E-state index is 12.4. The van der Waals surface area contributed by atoms with Gasteiger partial charge in [-0.2, -0.15) is 0 Å². The van der Waals surface area contributed by atoms with Gasteiger partial charge in [-0.15, -0.1) is 0 Å². The van der Waals surface area contributed by atoms with E-state index in [-0.39, 0.29) is 5.41 Å². The lowest BCUT2D eigenvalue weighted by Gasteiger charge is -2.25. The Morgan fingerprint density at radius 1 is 1.17 bits per heavy atom. The minimum absolute atomic E-state index is 0.177. The summed E-state index contributed by atoms with van der Waals surface area (Å²) in [5.41, 5.74) is 0.847. The molecule has 0 aromatic heterocycles. The van der Waals surface area contributed by atoms with Crippen molar-refractivity contribution in [3.05, 3.63) is 23.8 Å². The Labute approximate surface area is 112 Å². The Balaban J connectivity index is 2.37. The summed E-state index contributed by atoms with van der Waals surface area (Å²) in [5, 5.41) is 0. The van der Waals surface area contributed by atoms with Crippen LogP contribution in [0.25, 0.3) is 0 Å². The van der Waals surface area contributed by atoms with Crippen molar-refractivity contribution in [2.24, 2.45) is 5.41 Å². The molecule has 18 heavy (non-hydrogen) atoms. The summed E-state index contributed by atoms with van der Waals surface area (Å²) in [5.74, 6) is 0.363. The number of Topliss-reactive ketones (excluding diaryl/α,β-unsaturated/α-hetero) is 1. The van der Waals surface area contributed by atoms with Gasteiger partial charge in [0, 0.05) is 5.41 Å². The van der Waals surface area contributed by atoms with E-state index in [2.05, 4.69) is 39.0 Å². The molecule has 1 nitrogen and oxygen atoms in total. The predicted octanol–water partition coefficient (Wildman–Crippen LogP) is 5.22. The Bertz CT molecular complexity index is 321. The van der Waals surface area contributed by atoms with Gasteiger partial charge in [0.15, 0.2) is 5.78 Å². The normalized spacial score (nSPS) is 15.6. The molecule has 102 valence electrons. The van der Waals surface area contributed by atoms with Crippen molar-refractivity contribution < 1.29 is 4.79 Å². The third kappa shape index (κ3) is 4.80. The van der Waals surface area contributed by atoms with E-state index in [9.17, 15) is 4.79 Å². The summed E-state index contributed by atoms with van der Waals surface area (Å²) in [4.78, 5) is 12.4. The standard InChI is InChI=1S/C17H28O/c1-4-5-6-7-11-14-17(2,3)16(18)15-12-9-8-10-13-15/h8-9,13H,4-7,10-12,14H2,1-3H3. The highest BCUT2D eigenvalue weighted by molar-refractivity contribution is 5.99. The molecule has 0 aliphatic heterocycles. The fourth-order valence-corrected chi connectivity index (χ4v) is 2.50. The number of hydrogen-bond acceptors (Lipinski definition) is 1. The quantitative estimate of drug-likeness (QED) is 0.425. The molecule has 1 rings (SSSR count). The monoisotopic (exact) mass is 248 g/mol. The lowest BCUT2D eigenvalue weighted by Crippen LogP contribution is -2.26. The average molecular weight is 248 g/mol. The SMILES string of the molecule is CCCCCCCC(C)(C)C(=O)C1=CCC=CC1. The number of carbonyl (C=O) groups is 1. The molecular weight excluding hydrogens is 220 g/mol. The Kier molecular flexibility index (Phi) is 6.38. The van der Waals surface area contributed by atoms with E-state index in [4.69, 9.17) is 0 Å². The zero-order valence-electron chi connectivity index (χ0n) is 12.3. The van der Waals surface area contributed by atoms with Gasteiger partial charge in [-0.3, -0.25) is 4.79 Å². The second-order valence-corrected chi connectivity index (χ2v) is 6.02. The summed E-state index contributed by atoms with van der Waals surface area (Å²) in [6.45, 7) is 6.44. The number of ketones is 1. The van der Waals surface area contributed by atoms with Crippen molar-refractivity contribution in [2.75, 3.05) is 0 Å². The first kappa shape index (κ1) is 15.2. The highest BCUT2D eigenvalue weighted by Crippen LogP contribution is 2.30. The van der Waals surface area contributed by atoms with Crippen LogP contribution >= 0.6 is 0 Å². The van der Waals surface area contributed by atoms with Crippen LogP contribution < -0.4 is 0 Å². The topological polar surface area (TPSA) is 17.1 Å². The first-order chi connectivity index (χ1) is 8.58. The molecule has 0 spiro atoms. The van der Waals surface area contributed by atoms with Crippen LogP contribution in [0.1, 0.15) is 72.1 Å². The summed E-state index contributed by atoms with van der Waals surface area (Å²) in [6, 6.07) is 0. The molecule has 0 unspecified atom stereocenters. The van der Waals surface area contributed by atoms with Gasteiger partial charge in [-0.05, 0) is 24.8 Å². The van der Waals surface area contributed by atoms with Crippen molar-refractivity contribution in [2.45, 2.75) is 72.1 Å². The first-order valence-corrected chi connectivity index (χ1v) is 7.47. The molecule has 1 aliphatic rings. The lowest BCUT2D eigenvalue weighted by atomic mass is 9.78. The van der Waals surface area contributed by atoms with Gasteiger partial charge < -0.3 is 0 Å². The van der Waals surface area contributed by atoms with E-state index in [0.717, 1.165) is 24.8 Å². The maximum atomic E-state index is 12.4. The van der Waals surface area contributed by atoms with Crippen molar-refractivity contribution >= 4 is 5.78 Å². The van der Waals surface area contributed by atoms with Crippen LogP contribution in [0.5, 0.6) is 0 Å². The van der Waals surface area contributed by atoms with Gasteiger partial charge in [0.2, 0.25) is 0 Å². The molecular formula is C17H28O. The minimum atomic E-state index is -0.177. The Morgan fingerprint density at radius 3 is 2.50 bits per heavy atom. The van der Waals surface area contributed by atoms with Crippen LogP contribution in [0.2, 0.25) is 0 Å². The number of rotatable bonds is 8. The number of allylic oxidation sites excluding steroid dienone is 4. The molecule has 0 fully saturated rings. The molecule has 0 saturated heterocycles. The highest BCUT2D eigenvalue weighted by atomic mass is 16.1. The molecule has 0 N–H and O–H groups in total. The molecule has 0 aromatic carbocycles. The Morgan fingerprint density at radius 2 is 1.89 bits per heavy atom. The zero-order valence-corrected chi connectivity index (χ0v) is 12.3. The predicted molar refractivity (Wildman–Crippen MR) is 78.6 cm³/mol. The maximum Gasteiger partial charge on any atom is 0.164 e. The van der Waals surface area contributed by atoms with Gasteiger partial charge in [0.25, 0.3) is 0 Å². The third-order valence-corrected chi connectivity index (χ3v) is 3.82. The fourth-order valence-electron chi connectivity index (χ4n) is 2.50. The van der Waals surface area contributed by atoms with Crippen molar-refractivity contribution in [3.8, 4) is 0 Å². The number of hydrogen-bond donors (Lipinski definition) is 0. The second-order valence-electron chi connectivity index (χ2n) is 6.02. The van der Waals surface area contributed by atoms with Crippen LogP contribution in [-0.4, -0.2) is 5.78 Å².